The Morgan fingerprint density at radius 3 is 1.94 bits per heavy atom. The van der Waals surface area contributed by atoms with Gasteiger partial charge in [0.25, 0.3) is 0 Å². The normalized spacial score (nSPS) is 11.2. The molecule has 5 heteroatoms. The molecule has 2 aromatic rings. The lowest BCUT2D eigenvalue weighted by Crippen LogP contribution is -2.45. The summed E-state index contributed by atoms with van der Waals surface area (Å²) in [4.78, 5) is 0.140. The Kier molecular flexibility index (Phi) is 3.34. The van der Waals surface area contributed by atoms with Gasteiger partial charge < -0.3 is 0 Å². The van der Waals surface area contributed by atoms with E-state index in [1.54, 1.807) is 36.7 Å². The molecule has 94 valence electrons. The summed E-state index contributed by atoms with van der Waals surface area (Å²) < 4.78 is 30.0. The van der Waals surface area contributed by atoms with Gasteiger partial charge in [0.2, 0.25) is 12.4 Å². The quantitative estimate of drug-likeness (QED) is 0.787. The van der Waals surface area contributed by atoms with Gasteiger partial charge in [-0.15, -0.1) is 4.28 Å². The van der Waals surface area contributed by atoms with Gasteiger partial charge >= 0.3 is 10.1 Å². The highest BCUT2D eigenvalue weighted by atomic mass is 32.2. The molecule has 0 aliphatic heterocycles. The molecule has 0 fully saturated rings. The first-order chi connectivity index (χ1) is 8.47. The number of pyridine rings is 1. The monoisotopic (exact) mass is 264 g/mol. The molecule has 1 aromatic heterocycles. The van der Waals surface area contributed by atoms with Crippen LogP contribution in [0.15, 0.2) is 53.7 Å². The fourth-order valence-corrected chi connectivity index (χ4v) is 2.28. The van der Waals surface area contributed by atoms with Gasteiger partial charge in [-0.2, -0.15) is 8.42 Å². The lowest BCUT2D eigenvalue weighted by Gasteiger charge is -2.01. The molecular weight excluding hydrogens is 250 g/mol. The first-order valence-electron chi connectivity index (χ1n) is 5.47. The van der Waals surface area contributed by atoms with E-state index in [2.05, 4.69) is 0 Å². The summed E-state index contributed by atoms with van der Waals surface area (Å²) in [5.74, 6) is 0. The Labute approximate surface area is 107 Å². The molecule has 0 bridgehead atoms. The molecule has 0 aliphatic rings. The number of benzene rings is 1. The average molecular weight is 264 g/mol. The number of hydrogen-bond donors (Lipinski definition) is 0. The number of rotatable bonds is 3. The predicted octanol–water partition coefficient (Wildman–Crippen LogP) is 1.41. The van der Waals surface area contributed by atoms with Crippen molar-refractivity contribution in [2.24, 2.45) is 0 Å². The maximum absolute atomic E-state index is 12.0. The van der Waals surface area contributed by atoms with E-state index < -0.39 is 10.1 Å². The summed E-state index contributed by atoms with van der Waals surface area (Å²) in [5, 5.41) is 0. The predicted molar refractivity (Wildman–Crippen MR) is 66.3 cm³/mol. The molecule has 1 heterocycles. The summed E-state index contributed by atoms with van der Waals surface area (Å²) >= 11 is 0. The summed E-state index contributed by atoms with van der Waals surface area (Å²) in [6, 6.07) is 10.1. The van der Waals surface area contributed by atoms with Crippen molar-refractivity contribution in [3.8, 4) is 0 Å². The Bertz CT molecular complexity index is 631. The van der Waals surface area contributed by atoms with Gasteiger partial charge in [0.1, 0.15) is 4.90 Å². The molecule has 0 unspecified atom stereocenters. The molecule has 0 atom stereocenters. The van der Waals surface area contributed by atoms with Crippen LogP contribution in [0.4, 0.5) is 0 Å². The van der Waals surface area contributed by atoms with E-state index in [0.29, 0.717) is 0 Å². The first-order valence-corrected chi connectivity index (χ1v) is 6.88. The highest BCUT2D eigenvalue weighted by Gasteiger charge is 2.21. The smallest absolute Gasteiger partial charge is 0.176 e. The fourth-order valence-electron chi connectivity index (χ4n) is 1.40. The molecule has 0 radical (unpaired) electrons. The van der Waals surface area contributed by atoms with Gasteiger partial charge in [-0.05, 0) is 31.5 Å². The molecule has 0 saturated heterocycles. The third kappa shape index (κ3) is 2.87. The van der Waals surface area contributed by atoms with Crippen molar-refractivity contribution < 1.29 is 17.4 Å². The second kappa shape index (κ2) is 4.78. The van der Waals surface area contributed by atoms with Gasteiger partial charge in [-0.1, -0.05) is 17.7 Å². The third-order valence-electron chi connectivity index (χ3n) is 2.46. The summed E-state index contributed by atoms with van der Waals surface area (Å²) in [5.41, 5.74) is 2.03. The molecular formula is C13H14NO3S+. The highest BCUT2D eigenvalue weighted by molar-refractivity contribution is 7.86. The first kappa shape index (κ1) is 12.6. The minimum atomic E-state index is -3.78. The molecule has 0 saturated carbocycles. The van der Waals surface area contributed by atoms with Crippen LogP contribution in [-0.2, 0) is 10.1 Å². The number of aromatic nitrogens is 1. The number of aryl methyl sites for hydroxylation is 2. The van der Waals surface area contributed by atoms with Crippen LogP contribution in [0.5, 0.6) is 0 Å². The van der Waals surface area contributed by atoms with Crippen molar-refractivity contribution in [2.75, 3.05) is 0 Å². The molecule has 18 heavy (non-hydrogen) atoms. The summed E-state index contributed by atoms with van der Waals surface area (Å²) in [7, 11) is -3.78. The second-order valence-electron chi connectivity index (χ2n) is 4.08. The maximum atomic E-state index is 12.0. The minimum absolute atomic E-state index is 0.140. The topological polar surface area (TPSA) is 47.3 Å². The van der Waals surface area contributed by atoms with E-state index in [0.717, 1.165) is 11.1 Å². The van der Waals surface area contributed by atoms with E-state index in [1.165, 1.54) is 16.9 Å². The lowest BCUT2D eigenvalue weighted by molar-refractivity contribution is -0.856. The second-order valence-corrected chi connectivity index (χ2v) is 5.61. The molecule has 4 nitrogen and oxygen atoms in total. The van der Waals surface area contributed by atoms with Crippen LogP contribution in [0.1, 0.15) is 11.1 Å². The average Bonchev–Trinajstić information content (AvgIpc) is 2.32. The van der Waals surface area contributed by atoms with Crippen molar-refractivity contribution in [1.29, 1.82) is 0 Å². The van der Waals surface area contributed by atoms with Crippen molar-refractivity contribution in [1.82, 2.24) is 0 Å². The van der Waals surface area contributed by atoms with Crippen LogP contribution in [-0.4, -0.2) is 8.42 Å². The van der Waals surface area contributed by atoms with Crippen LogP contribution in [0.25, 0.3) is 0 Å². The number of hydrogen-bond acceptors (Lipinski definition) is 3. The Hall–Kier alpha value is -1.88. The fraction of sp³-hybridized carbons (Fsp3) is 0.154. The largest absolute Gasteiger partial charge is 0.396 e. The van der Waals surface area contributed by atoms with Crippen molar-refractivity contribution in [3.05, 3.63) is 59.9 Å². The molecule has 2 rings (SSSR count). The molecule has 0 aliphatic carbocycles. The van der Waals surface area contributed by atoms with Gasteiger partial charge in [0.05, 0.1) is 0 Å². The zero-order valence-electron chi connectivity index (χ0n) is 10.2. The zero-order chi connectivity index (χ0) is 13.2. The highest BCUT2D eigenvalue weighted by Crippen LogP contribution is 2.09. The SMILES string of the molecule is Cc1ccc(S(=O)(=O)O[n+]2ccc(C)cc2)cc1. The number of nitrogens with zero attached hydrogens (tertiary/aromatic N) is 1. The van der Waals surface area contributed by atoms with Gasteiger partial charge in [-0.3, -0.25) is 0 Å². The van der Waals surface area contributed by atoms with Crippen molar-refractivity contribution in [2.45, 2.75) is 18.7 Å². The Balaban J connectivity index is 2.27. The van der Waals surface area contributed by atoms with E-state index in [9.17, 15) is 8.42 Å². The van der Waals surface area contributed by atoms with Crippen molar-refractivity contribution >= 4 is 10.1 Å². The Morgan fingerprint density at radius 2 is 1.39 bits per heavy atom. The molecule has 0 N–H and O–H groups in total. The lowest BCUT2D eigenvalue weighted by atomic mass is 10.2. The van der Waals surface area contributed by atoms with Crippen LogP contribution in [0.3, 0.4) is 0 Å². The van der Waals surface area contributed by atoms with Gasteiger partial charge in [-0.25, -0.2) is 0 Å². The summed E-state index contributed by atoms with van der Waals surface area (Å²) in [6.45, 7) is 3.81. The van der Waals surface area contributed by atoms with E-state index in [-0.39, 0.29) is 4.90 Å². The van der Waals surface area contributed by atoms with Crippen molar-refractivity contribution in [3.63, 3.8) is 0 Å². The zero-order valence-corrected chi connectivity index (χ0v) is 11.0. The molecule has 1 aromatic carbocycles. The van der Waals surface area contributed by atoms with Crippen LogP contribution in [0.2, 0.25) is 0 Å². The van der Waals surface area contributed by atoms with E-state index >= 15 is 0 Å². The summed E-state index contributed by atoms with van der Waals surface area (Å²) in [6.07, 6.45) is 3.11. The molecule has 0 amide bonds. The maximum Gasteiger partial charge on any atom is 0.396 e. The van der Waals surface area contributed by atoms with Gasteiger partial charge in [0.15, 0.2) is 0 Å². The van der Waals surface area contributed by atoms with Crippen LogP contribution < -0.4 is 9.01 Å². The molecule has 0 spiro atoms. The van der Waals surface area contributed by atoms with Crippen LogP contribution >= 0.6 is 0 Å². The van der Waals surface area contributed by atoms with E-state index in [4.69, 9.17) is 4.28 Å². The minimum Gasteiger partial charge on any atom is -0.176 e. The standard InChI is InChI=1S/C13H14NO3S/c1-11-3-5-13(6-4-11)18(15,16)17-14-9-7-12(2)8-10-14/h3-10H,1-2H3/q+1. The van der Waals surface area contributed by atoms with Crippen LogP contribution in [0, 0.1) is 13.8 Å². The third-order valence-corrected chi connectivity index (χ3v) is 3.68. The Morgan fingerprint density at radius 1 is 0.889 bits per heavy atom. The van der Waals surface area contributed by atoms with E-state index in [1.807, 2.05) is 13.8 Å². The van der Waals surface area contributed by atoms with Gasteiger partial charge in [0, 0.05) is 16.9 Å².